The Morgan fingerprint density at radius 2 is 1.64 bits per heavy atom. The maximum atomic E-state index is 4.08. The first-order valence-electron chi connectivity index (χ1n) is 4.99. The summed E-state index contributed by atoms with van der Waals surface area (Å²) < 4.78 is 0. The zero-order valence-corrected chi connectivity index (χ0v) is 11.3. The van der Waals surface area contributed by atoms with Gasteiger partial charge in [-0.3, -0.25) is 0 Å². The summed E-state index contributed by atoms with van der Waals surface area (Å²) in [6.07, 6.45) is 0. The standard InChI is InChI=1S/C12H22S2/c1-10(2)6-13-8-12(5)9-14-7-11(3)4/h11H,1,5-9H2,2-4H3. The van der Waals surface area contributed by atoms with Crippen LogP contribution in [-0.2, 0) is 0 Å². The van der Waals surface area contributed by atoms with Crippen LogP contribution in [0, 0.1) is 5.92 Å². The summed E-state index contributed by atoms with van der Waals surface area (Å²) in [5.41, 5.74) is 2.60. The Balaban J connectivity index is 3.33. The van der Waals surface area contributed by atoms with E-state index in [0.29, 0.717) is 0 Å². The molecule has 0 nitrogen and oxygen atoms in total. The quantitative estimate of drug-likeness (QED) is 0.572. The summed E-state index contributed by atoms with van der Waals surface area (Å²) in [4.78, 5) is 0. The second-order valence-corrected chi connectivity index (χ2v) is 6.12. The highest BCUT2D eigenvalue weighted by Gasteiger charge is 1.98. The van der Waals surface area contributed by atoms with Crippen LogP contribution in [0.25, 0.3) is 0 Å². The first-order valence-corrected chi connectivity index (χ1v) is 7.29. The molecule has 14 heavy (non-hydrogen) atoms. The van der Waals surface area contributed by atoms with Gasteiger partial charge in [0.05, 0.1) is 0 Å². The van der Waals surface area contributed by atoms with E-state index in [1.54, 1.807) is 0 Å². The molecule has 0 aliphatic carbocycles. The van der Waals surface area contributed by atoms with Gasteiger partial charge in [0.15, 0.2) is 0 Å². The van der Waals surface area contributed by atoms with Crippen molar-refractivity contribution < 1.29 is 0 Å². The molecule has 0 rings (SSSR count). The van der Waals surface area contributed by atoms with E-state index in [1.165, 1.54) is 16.9 Å². The lowest BCUT2D eigenvalue weighted by Crippen LogP contribution is -1.96. The summed E-state index contributed by atoms with van der Waals surface area (Å²) in [6, 6.07) is 0. The van der Waals surface area contributed by atoms with Gasteiger partial charge in [-0.05, 0) is 18.6 Å². The highest BCUT2D eigenvalue weighted by Crippen LogP contribution is 2.15. The first-order chi connectivity index (χ1) is 6.52. The minimum atomic E-state index is 0.788. The molecule has 0 N–H and O–H groups in total. The van der Waals surface area contributed by atoms with E-state index in [2.05, 4.69) is 33.9 Å². The van der Waals surface area contributed by atoms with Crippen molar-refractivity contribution in [2.24, 2.45) is 5.92 Å². The molecule has 0 radical (unpaired) electrons. The van der Waals surface area contributed by atoms with Crippen LogP contribution in [0.2, 0.25) is 0 Å². The SMILES string of the molecule is C=C(C)CSCC(=C)CSCC(C)C. The molecule has 2 heteroatoms. The minimum absolute atomic E-state index is 0.788. The fraction of sp³-hybridized carbons (Fsp3) is 0.667. The molecule has 0 amide bonds. The molecule has 0 aromatic heterocycles. The highest BCUT2D eigenvalue weighted by molar-refractivity contribution is 8.00. The Morgan fingerprint density at radius 3 is 2.14 bits per heavy atom. The summed E-state index contributed by atoms with van der Waals surface area (Å²) in [5, 5.41) is 0. The van der Waals surface area contributed by atoms with E-state index in [4.69, 9.17) is 0 Å². The van der Waals surface area contributed by atoms with Gasteiger partial charge in [0.2, 0.25) is 0 Å². The molecule has 0 saturated carbocycles. The van der Waals surface area contributed by atoms with Crippen LogP contribution < -0.4 is 0 Å². The van der Waals surface area contributed by atoms with Crippen molar-refractivity contribution >= 4 is 23.5 Å². The number of hydrogen-bond donors (Lipinski definition) is 0. The smallest absolute Gasteiger partial charge is 0.0152 e. The Bertz CT molecular complexity index is 183. The van der Waals surface area contributed by atoms with Crippen molar-refractivity contribution in [3.63, 3.8) is 0 Å². The molecule has 0 aromatic carbocycles. The van der Waals surface area contributed by atoms with Crippen molar-refractivity contribution in [2.75, 3.05) is 23.0 Å². The lowest BCUT2D eigenvalue weighted by molar-refractivity contribution is 0.750. The fourth-order valence-electron chi connectivity index (χ4n) is 0.850. The van der Waals surface area contributed by atoms with Gasteiger partial charge < -0.3 is 0 Å². The molecule has 0 heterocycles. The Morgan fingerprint density at radius 1 is 1.07 bits per heavy atom. The van der Waals surface area contributed by atoms with Crippen molar-refractivity contribution in [3.05, 3.63) is 24.3 Å². The van der Waals surface area contributed by atoms with Crippen LogP contribution in [0.5, 0.6) is 0 Å². The number of hydrogen-bond acceptors (Lipinski definition) is 2. The monoisotopic (exact) mass is 230 g/mol. The summed E-state index contributed by atoms with van der Waals surface area (Å²) in [6.45, 7) is 14.5. The van der Waals surface area contributed by atoms with Crippen LogP contribution >= 0.6 is 23.5 Å². The number of rotatable bonds is 8. The summed E-state index contributed by atoms with van der Waals surface area (Å²) in [5.74, 6) is 5.29. The molecule has 0 bridgehead atoms. The minimum Gasteiger partial charge on any atom is -0.157 e. The molecule has 0 fully saturated rings. The van der Waals surface area contributed by atoms with Crippen molar-refractivity contribution in [1.82, 2.24) is 0 Å². The van der Waals surface area contributed by atoms with E-state index < -0.39 is 0 Å². The summed E-state index contributed by atoms with van der Waals surface area (Å²) in [7, 11) is 0. The van der Waals surface area contributed by atoms with Gasteiger partial charge in [0.1, 0.15) is 0 Å². The predicted molar refractivity (Wildman–Crippen MR) is 73.4 cm³/mol. The van der Waals surface area contributed by atoms with Crippen LogP contribution in [-0.4, -0.2) is 23.0 Å². The zero-order chi connectivity index (χ0) is 11.0. The van der Waals surface area contributed by atoms with Crippen molar-refractivity contribution in [3.8, 4) is 0 Å². The lowest BCUT2D eigenvalue weighted by atomic mass is 10.3. The Labute approximate surface area is 97.6 Å². The van der Waals surface area contributed by atoms with Crippen molar-refractivity contribution in [1.29, 1.82) is 0 Å². The fourth-order valence-corrected chi connectivity index (χ4v) is 2.80. The largest absolute Gasteiger partial charge is 0.157 e. The lowest BCUT2D eigenvalue weighted by Gasteiger charge is -2.07. The van der Waals surface area contributed by atoms with Gasteiger partial charge >= 0.3 is 0 Å². The normalized spacial score (nSPS) is 10.6. The van der Waals surface area contributed by atoms with Crippen molar-refractivity contribution in [2.45, 2.75) is 20.8 Å². The van der Waals surface area contributed by atoms with E-state index in [1.807, 2.05) is 23.5 Å². The maximum Gasteiger partial charge on any atom is 0.0152 e. The molecule has 82 valence electrons. The highest BCUT2D eigenvalue weighted by atomic mass is 32.2. The van der Waals surface area contributed by atoms with E-state index in [9.17, 15) is 0 Å². The van der Waals surface area contributed by atoms with Crippen LogP contribution in [0.4, 0.5) is 0 Å². The molecule has 0 atom stereocenters. The molecular formula is C12H22S2. The molecule has 0 spiro atoms. The van der Waals surface area contributed by atoms with Gasteiger partial charge in [0.25, 0.3) is 0 Å². The van der Waals surface area contributed by atoms with Crippen LogP contribution in [0.15, 0.2) is 24.3 Å². The Hall–Kier alpha value is 0.180. The zero-order valence-electron chi connectivity index (χ0n) is 9.64. The van der Waals surface area contributed by atoms with Crippen LogP contribution in [0.3, 0.4) is 0 Å². The third kappa shape index (κ3) is 10.3. The van der Waals surface area contributed by atoms with Gasteiger partial charge in [-0.25, -0.2) is 0 Å². The second kappa shape index (κ2) is 8.49. The maximum absolute atomic E-state index is 4.08. The average molecular weight is 230 g/mol. The third-order valence-electron chi connectivity index (χ3n) is 1.41. The molecule has 0 aliphatic heterocycles. The second-order valence-electron chi connectivity index (χ2n) is 4.11. The third-order valence-corrected chi connectivity index (χ3v) is 4.24. The molecular weight excluding hydrogens is 208 g/mol. The van der Waals surface area contributed by atoms with Gasteiger partial charge in [0, 0.05) is 17.3 Å². The van der Waals surface area contributed by atoms with E-state index in [0.717, 1.165) is 23.2 Å². The predicted octanol–water partition coefficient (Wildman–Crippen LogP) is 4.24. The molecule has 0 unspecified atom stereocenters. The van der Waals surface area contributed by atoms with E-state index in [-0.39, 0.29) is 0 Å². The average Bonchev–Trinajstić information content (AvgIpc) is 2.02. The molecule has 0 aromatic rings. The van der Waals surface area contributed by atoms with Gasteiger partial charge in [-0.2, -0.15) is 23.5 Å². The summed E-state index contributed by atoms with van der Waals surface area (Å²) >= 11 is 3.91. The van der Waals surface area contributed by atoms with E-state index >= 15 is 0 Å². The molecule has 0 aliphatic rings. The molecule has 0 saturated heterocycles. The number of thioether (sulfide) groups is 2. The topological polar surface area (TPSA) is 0 Å². The first kappa shape index (κ1) is 14.2. The van der Waals surface area contributed by atoms with Gasteiger partial charge in [-0.15, -0.1) is 0 Å². The van der Waals surface area contributed by atoms with Gasteiger partial charge in [-0.1, -0.05) is 38.2 Å². The van der Waals surface area contributed by atoms with Crippen LogP contribution in [0.1, 0.15) is 20.8 Å². The Kier molecular flexibility index (Phi) is 8.59.